The highest BCUT2D eigenvalue weighted by Crippen LogP contribution is 2.19. The van der Waals surface area contributed by atoms with E-state index in [2.05, 4.69) is 21.2 Å². The molecule has 2 nitrogen and oxygen atoms in total. The Bertz CT molecular complexity index is 297. The first-order chi connectivity index (χ1) is 6.65. The zero-order chi connectivity index (χ0) is 10.6. The van der Waals surface area contributed by atoms with Crippen molar-refractivity contribution in [2.24, 2.45) is 0 Å². The van der Waals surface area contributed by atoms with Crippen molar-refractivity contribution in [2.75, 3.05) is 13.2 Å². The third-order valence-corrected chi connectivity index (χ3v) is 2.15. The van der Waals surface area contributed by atoms with E-state index in [4.69, 9.17) is 5.11 Å². The van der Waals surface area contributed by atoms with E-state index in [0.29, 0.717) is 11.0 Å². The predicted molar refractivity (Wildman–Crippen MR) is 52.9 cm³/mol. The summed E-state index contributed by atoms with van der Waals surface area (Å²) >= 11 is 2.99. The van der Waals surface area contributed by atoms with Gasteiger partial charge in [-0.1, -0.05) is 15.9 Å². The summed E-state index contributed by atoms with van der Waals surface area (Å²) in [7, 11) is 0. The Kier molecular flexibility index (Phi) is 4.44. The van der Waals surface area contributed by atoms with Crippen molar-refractivity contribution in [3.8, 4) is 0 Å². The normalized spacial score (nSPS) is 10.6. The van der Waals surface area contributed by atoms with E-state index in [0.717, 1.165) is 0 Å². The lowest BCUT2D eigenvalue weighted by molar-refractivity contribution is 0.291. The summed E-state index contributed by atoms with van der Waals surface area (Å²) in [4.78, 5) is 0. The molecule has 1 aromatic rings. The average Bonchev–Trinajstić information content (AvgIpc) is 2.09. The van der Waals surface area contributed by atoms with Gasteiger partial charge in [-0.15, -0.1) is 0 Å². The Hall–Kier alpha value is -0.520. The molecule has 0 aliphatic heterocycles. The van der Waals surface area contributed by atoms with Crippen molar-refractivity contribution in [1.29, 1.82) is 0 Å². The number of rotatable bonds is 4. The maximum atomic E-state index is 13.2. The van der Waals surface area contributed by atoms with Crippen molar-refractivity contribution in [1.82, 2.24) is 5.32 Å². The molecule has 78 valence electrons. The van der Waals surface area contributed by atoms with Crippen molar-refractivity contribution in [2.45, 2.75) is 6.54 Å². The van der Waals surface area contributed by atoms with E-state index in [1.807, 2.05) is 0 Å². The number of nitrogens with one attached hydrogen (secondary N) is 1. The van der Waals surface area contributed by atoms with Gasteiger partial charge in [-0.25, -0.2) is 8.78 Å². The summed E-state index contributed by atoms with van der Waals surface area (Å²) in [5, 5.41) is 11.2. The van der Waals surface area contributed by atoms with Crippen molar-refractivity contribution >= 4 is 15.9 Å². The van der Waals surface area contributed by atoms with Gasteiger partial charge >= 0.3 is 0 Å². The highest BCUT2D eigenvalue weighted by molar-refractivity contribution is 9.10. The second-order valence-electron chi connectivity index (χ2n) is 2.75. The van der Waals surface area contributed by atoms with Crippen LogP contribution in [0.25, 0.3) is 0 Å². The van der Waals surface area contributed by atoms with Gasteiger partial charge in [0, 0.05) is 23.1 Å². The van der Waals surface area contributed by atoms with Gasteiger partial charge in [-0.2, -0.15) is 0 Å². The molecule has 0 saturated carbocycles. The summed E-state index contributed by atoms with van der Waals surface area (Å²) in [6.07, 6.45) is 0. The van der Waals surface area contributed by atoms with Crippen LogP contribution >= 0.6 is 15.9 Å². The Labute approximate surface area is 89.1 Å². The van der Waals surface area contributed by atoms with E-state index in [1.54, 1.807) is 0 Å². The van der Waals surface area contributed by atoms with Crippen LogP contribution in [0.1, 0.15) is 5.56 Å². The Morgan fingerprint density at radius 2 is 1.86 bits per heavy atom. The monoisotopic (exact) mass is 265 g/mol. The second kappa shape index (κ2) is 5.38. The van der Waals surface area contributed by atoms with Crippen LogP contribution in [0.4, 0.5) is 8.78 Å². The lowest BCUT2D eigenvalue weighted by Crippen LogP contribution is -2.19. The number of hydrogen-bond acceptors (Lipinski definition) is 2. The smallest absolute Gasteiger partial charge is 0.131 e. The molecule has 0 aliphatic carbocycles. The molecule has 0 spiro atoms. The fourth-order valence-corrected chi connectivity index (χ4v) is 1.44. The zero-order valence-electron chi connectivity index (χ0n) is 7.36. The van der Waals surface area contributed by atoms with Gasteiger partial charge < -0.3 is 10.4 Å². The lowest BCUT2D eigenvalue weighted by Gasteiger charge is -2.06. The van der Waals surface area contributed by atoms with Crippen LogP contribution in [-0.4, -0.2) is 18.3 Å². The zero-order valence-corrected chi connectivity index (χ0v) is 8.94. The molecule has 0 aliphatic rings. The highest BCUT2D eigenvalue weighted by atomic mass is 79.9. The third-order valence-electron chi connectivity index (χ3n) is 1.70. The number of hydrogen-bond donors (Lipinski definition) is 2. The first-order valence-corrected chi connectivity index (χ1v) is 4.89. The van der Waals surface area contributed by atoms with Gasteiger partial charge in [0.05, 0.1) is 6.61 Å². The first-order valence-electron chi connectivity index (χ1n) is 4.10. The molecule has 0 saturated heterocycles. The third kappa shape index (κ3) is 3.01. The van der Waals surface area contributed by atoms with Crippen molar-refractivity contribution in [3.05, 3.63) is 33.8 Å². The average molecular weight is 266 g/mol. The van der Waals surface area contributed by atoms with E-state index in [1.165, 1.54) is 12.1 Å². The molecule has 0 radical (unpaired) electrons. The number of benzene rings is 1. The van der Waals surface area contributed by atoms with Gasteiger partial charge in [-0.05, 0) is 12.1 Å². The van der Waals surface area contributed by atoms with Crippen LogP contribution in [0.5, 0.6) is 0 Å². The molecule has 0 amide bonds. The molecule has 0 bridgehead atoms. The minimum Gasteiger partial charge on any atom is -0.395 e. The molecule has 5 heteroatoms. The summed E-state index contributed by atoms with van der Waals surface area (Å²) in [5.74, 6) is -1.19. The fourth-order valence-electron chi connectivity index (χ4n) is 1.03. The topological polar surface area (TPSA) is 32.3 Å². The quantitative estimate of drug-likeness (QED) is 0.814. The van der Waals surface area contributed by atoms with Crippen LogP contribution < -0.4 is 5.32 Å². The summed E-state index contributed by atoms with van der Waals surface area (Å²) in [6.45, 7) is 0.334. The molecular weight excluding hydrogens is 256 g/mol. The predicted octanol–water partition coefficient (Wildman–Crippen LogP) is 1.81. The van der Waals surface area contributed by atoms with E-state index in [9.17, 15) is 8.78 Å². The molecule has 0 atom stereocenters. The minimum absolute atomic E-state index is 0.0124. The molecule has 0 heterocycles. The minimum atomic E-state index is -0.595. The number of aliphatic hydroxyl groups excluding tert-OH is 1. The Morgan fingerprint density at radius 3 is 2.36 bits per heavy atom. The van der Waals surface area contributed by atoms with Crippen LogP contribution in [0, 0.1) is 11.6 Å². The second-order valence-corrected chi connectivity index (χ2v) is 3.66. The van der Waals surface area contributed by atoms with E-state index >= 15 is 0 Å². The molecule has 0 fully saturated rings. The molecule has 14 heavy (non-hydrogen) atoms. The van der Waals surface area contributed by atoms with Gasteiger partial charge in [0.25, 0.3) is 0 Å². The highest BCUT2D eigenvalue weighted by Gasteiger charge is 2.09. The molecular formula is C9H10BrF2NO. The van der Waals surface area contributed by atoms with Gasteiger partial charge in [0.1, 0.15) is 11.6 Å². The van der Waals surface area contributed by atoms with Crippen molar-refractivity contribution < 1.29 is 13.9 Å². The van der Waals surface area contributed by atoms with Crippen molar-refractivity contribution in [3.63, 3.8) is 0 Å². The lowest BCUT2D eigenvalue weighted by atomic mass is 10.2. The molecule has 2 N–H and O–H groups in total. The standard InChI is InChI=1S/C9H10BrF2NO/c10-6-3-8(11)7(9(12)4-6)5-13-1-2-14/h3-4,13-14H,1-2,5H2. The summed E-state index contributed by atoms with van der Waals surface area (Å²) in [6, 6.07) is 2.41. The number of halogens is 3. The van der Waals surface area contributed by atoms with Crippen LogP contribution in [-0.2, 0) is 6.54 Å². The largest absolute Gasteiger partial charge is 0.395 e. The Morgan fingerprint density at radius 1 is 1.29 bits per heavy atom. The first kappa shape index (κ1) is 11.6. The maximum absolute atomic E-state index is 13.2. The molecule has 0 aromatic heterocycles. The van der Waals surface area contributed by atoms with Crippen LogP contribution in [0.15, 0.2) is 16.6 Å². The maximum Gasteiger partial charge on any atom is 0.131 e. The molecule has 1 aromatic carbocycles. The van der Waals surface area contributed by atoms with Gasteiger partial charge in [-0.3, -0.25) is 0 Å². The SMILES string of the molecule is OCCNCc1c(F)cc(Br)cc1F. The van der Waals surface area contributed by atoms with E-state index < -0.39 is 11.6 Å². The Balaban J connectivity index is 2.75. The van der Waals surface area contributed by atoms with Crippen LogP contribution in [0.2, 0.25) is 0 Å². The molecule has 1 rings (SSSR count). The summed E-state index contributed by atoms with van der Waals surface area (Å²) in [5.41, 5.74) is -0.0124. The number of aliphatic hydroxyl groups is 1. The van der Waals surface area contributed by atoms with Gasteiger partial charge in [0.15, 0.2) is 0 Å². The fraction of sp³-hybridized carbons (Fsp3) is 0.333. The summed E-state index contributed by atoms with van der Waals surface area (Å²) < 4.78 is 26.7. The van der Waals surface area contributed by atoms with Crippen LogP contribution in [0.3, 0.4) is 0 Å². The molecule has 0 unspecified atom stereocenters. The van der Waals surface area contributed by atoms with E-state index in [-0.39, 0.29) is 18.7 Å². The van der Waals surface area contributed by atoms with Gasteiger partial charge in [0.2, 0.25) is 0 Å².